The van der Waals surface area contributed by atoms with Crippen LogP contribution >= 0.6 is 0 Å². The Morgan fingerprint density at radius 2 is 1.53 bits per heavy atom. The fourth-order valence-electron chi connectivity index (χ4n) is 2.04. The second-order valence-electron chi connectivity index (χ2n) is 5.89. The minimum absolute atomic E-state index is 0.203. The number of halogens is 3. The lowest BCUT2D eigenvalue weighted by molar-refractivity contribution is -0.192. The van der Waals surface area contributed by atoms with Crippen molar-refractivity contribution < 1.29 is 37.4 Å². The van der Waals surface area contributed by atoms with Crippen molar-refractivity contribution in [2.45, 2.75) is 25.2 Å². The maximum absolute atomic E-state index is 11.9. The molecular weight excluding hydrogens is 407 g/mol. The second kappa shape index (κ2) is 11.4. The van der Waals surface area contributed by atoms with Crippen LogP contribution in [0.25, 0.3) is 0 Å². The number of aliphatic carboxylic acids is 1. The molecule has 2 aromatic carbocycles. The average molecular weight is 427 g/mol. The zero-order valence-electron chi connectivity index (χ0n) is 15.6. The van der Waals surface area contributed by atoms with Crippen LogP contribution in [0.5, 0.6) is 0 Å². The van der Waals surface area contributed by atoms with E-state index in [2.05, 4.69) is 5.32 Å². The number of hydrogen-bond donors (Lipinski definition) is 4. The number of urea groups is 1. The highest BCUT2D eigenvalue weighted by molar-refractivity contribution is 5.87. The van der Waals surface area contributed by atoms with Crippen LogP contribution in [-0.4, -0.2) is 35.3 Å². The number of nitrogens with one attached hydrogen (secondary N) is 1. The summed E-state index contributed by atoms with van der Waals surface area (Å²) in [6.45, 7) is 0.203. The number of carbonyl (C=O) groups excluding carboxylic acids is 2. The summed E-state index contributed by atoms with van der Waals surface area (Å²) in [5.74, 6) is -3.21. The molecule has 8 nitrogen and oxygen atoms in total. The number of carboxylic acid groups (broad SMARTS) is 1. The van der Waals surface area contributed by atoms with Crippen LogP contribution in [0, 0.1) is 0 Å². The maximum atomic E-state index is 11.9. The van der Waals surface area contributed by atoms with Crippen LogP contribution in [0.15, 0.2) is 54.6 Å². The number of ether oxygens (including phenoxy) is 1. The maximum Gasteiger partial charge on any atom is 0.490 e. The van der Waals surface area contributed by atoms with Gasteiger partial charge in [0.2, 0.25) is 0 Å². The van der Waals surface area contributed by atoms with Gasteiger partial charge in [-0.2, -0.15) is 13.2 Å². The van der Waals surface area contributed by atoms with Crippen LogP contribution in [0.4, 0.5) is 23.7 Å². The quantitative estimate of drug-likeness (QED) is 0.521. The molecule has 0 spiro atoms. The van der Waals surface area contributed by atoms with E-state index in [1.807, 2.05) is 30.3 Å². The first-order valence-electron chi connectivity index (χ1n) is 8.40. The van der Waals surface area contributed by atoms with Gasteiger partial charge in [-0.15, -0.1) is 0 Å². The highest BCUT2D eigenvalue weighted by atomic mass is 19.4. The number of carboxylic acids is 1. The zero-order chi connectivity index (χ0) is 22.7. The van der Waals surface area contributed by atoms with Crippen molar-refractivity contribution in [1.82, 2.24) is 0 Å². The predicted molar refractivity (Wildman–Crippen MR) is 101 cm³/mol. The SMILES string of the molecule is NC(=O)Nc1ccc(CC(N)C(=O)OCc2ccccc2)cc1.O=C(O)C(F)(F)F. The van der Waals surface area contributed by atoms with Gasteiger partial charge in [-0.05, 0) is 29.7 Å². The van der Waals surface area contributed by atoms with Gasteiger partial charge < -0.3 is 26.6 Å². The summed E-state index contributed by atoms with van der Waals surface area (Å²) in [5, 5.41) is 9.59. The number of esters is 1. The van der Waals surface area contributed by atoms with Crippen molar-refractivity contribution in [3.8, 4) is 0 Å². The third kappa shape index (κ3) is 9.55. The Kier molecular flexibility index (Phi) is 9.30. The number of anilines is 1. The fraction of sp³-hybridized carbons (Fsp3) is 0.211. The number of rotatable bonds is 6. The van der Waals surface area contributed by atoms with Crippen LogP contribution in [-0.2, 0) is 27.4 Å². The van der Waals surface area contributed by atoms with Gasteiger partial charge in [-0.1, -0.05) is 42.5 Å². The standard InChI is InChI=1S/C17H19N3O3.C2HF3O2/c18-15(16(21)23-11-13-4-2-1-3-5-13)10-12-6-8-14(9-7-12)20-17(19)22;3-2(4,5)1(6)7/h1-9,15H,10-11,18H2,(H3,19,20,22);(H,6,7). The summed E-state index contributed by atoms with van der Waals surface area (Å²) < 4.78 is 36.9. The summed E-state index contributed by atoms with van der Waals surface area (Å²) >= 11 is 0. The molecule has 11 heteroatoms. The van der Waals surface area contributed by atoms with Crippen molar-refractivity contribution in [1.29, 1.82) is 0 Å². The van der Waals surface area contributed by atoms with Gasteiger partial charge in [-0.25, -0.2) is 9.59 Å². The number of primary amides is 1. The highest BCUT2D eigenvalue weighted by Gasteiger charge is 2.38. The fourth-order valence-corrected chi connectivity index (χ4v) is 2.04. The average Bonchev–Trinajstić information content (AvgIpc) is 2.67. The molecule has 0 aliphatic rings. The largest absolute Gasteiger partial charge is 0.490 e. The number of alkyl halides is 3. The predicted octanol–water partition coefficient (Wildman–Crippen LogP) is 2.42. The summed E-state index contributed by atoms with van der Waals surface area (Å²) in [6.07, 6.45) is -4.73. The van der Waals surface area contributed by atoms with Gasteiger partial charge in [-0.3, -0.25) is 4.79 Å². The first kappa shape index (κ1) is 24.4. The van der Waals surface area contributed by atoms with Crippen LogP contribution < -0.4 is 16.8 Å². The van der Waals surface area contributed by atoms with E-state index >= 15 is 0 Å². The van der Waals surface area contributed by atoms with Gasteiger partial charge >= 0.3 is 24.1 Å². The van der Waals surface area contributed by atoms with E-state index in [1.54, 1.807) is 24.3 Å². The van der Waals surface area contributed by atoms with Crippen molar-refractivity contribution in [3.05, 3.63) is 65.7 Å². The third-order valence-electron chi connectivity index (χ3n) is 3.45. The number of amides is 2. The summed E-state index contributed by atoms with van der Waals surface area (Å²) in [4.78, 5) is 31.5. The van der Waals surface area contributed by atoms with Gasteiger partial charge in [0.05, 0.1) is 0 Å². The lowest BCUT2D eigenvalue weighted by Gasteiger charge is -2.12. The lowest BCUT2D eigenvalue weighted by atomic mass is 10.1. The molecule has 6 N–H and O–H groups in total. The van der Waals surface area contributed by atoms with E-state index in [0.29, 0.717) is 12.1 Å². The summed E-state index contributed by atoms with van der Waals surface area (Å²) in [6, 6.07) is 15.0. The molecule has 0 saturated heterocycles. The monoisotopic (exact) mass is 427 g/mol. The molecule has 0 saturated carbocycles. The van der Waals surface area contributed by atoms with E-state index in [-0.39, 0.29) is 6.61 Å². The topological polar surface area (TPSA) is 145 Å². The normalized spacial score (nSPS) is 11.5. The number of benzene rings is 2. The minimum Gasteiger partial charge on any atom is -0.475 e. The molecule has 162 valence electrons. The van der Waals surface area contributed by atoms with E-state index in [9.17, 15) is 22.8 Å². The van der Waals surface area contributed by atoms with Gasteiger partial charge in [0.1, 0.15) is 12.6 Å². The summed E-state index contributed by atoms with van der Waals surface area (Å²) in [5.41, 5.74) is 13.3. The van der Waals surface area contributed by atoms with Crippen LogP contribution in [0.2, 0.25) is 0 Å². The molecule has 2 aromatic rings. The van der Waals surface area contributed by atoms with Gasteiger partial charge in [0, 0.05) is 5.69 Å². The molecule has 2 amide bonds. The highest BCUT2D eigenvalue weighted by Crippen LogP contribution is 2.13. The molecule has 0 aliphatic heterocycles. The van der Waals surface area contributed by atoms with Crippen molar-refractivity contribution in [3.63, 3.8) is 0 Å². The molecule has 1 atom stereocenters. The molecule has 0 fully saturated rings. The van der Waals surface area contributed by atoms with E-state index in [1.165, 1.54) is 0 Å². The molecule has 0 aliphatic carbocycles. The van der Waals surface area contributed by atoms with Crippen LogP contribution in [0.3, 0.4) is 0 Å². The first-order chi connectivity index (χ1) is 14.0. The Labute approximate surface area is 169 Å². The third-order valence-corrected chi connectivity index (χ3v) is 3.45. The van der Waals surface area contributed by atoms with E-state index < -0.39 is 30.2 Å². The van der Waals surface area contributed by atoms with E-state index in [0.717, 1.165) is 11.1 Å². The Bertz CT molecular complexity index is 843. The molecular formula is C19H20F3N3O5. The van der Waals surface area contributed by atoms with E-state index in [4.69, 9.17) is 26.1 Å². The lowest BCUT2D eigenvalue weighted by Crippen LogP contribution is -2.34. The van der Waals surface area contributed by atoms with Gasteiger partial charge in [0.25, 0.3) is 0 Å². The first-order valence-corrected chi connectivity index (χ1v) is 8.40. The number of nitrogens with two attached hydrogens (primary N) is 2. The molecule has 0 heterocycles. The van der Waals surface area contributed by atoms with Crippen molar-refractivity contribution >= 4 is 23.7 Å². The number of hydrogen-bond acceptors (Lipinski definition) is 5. The molecule has 2 rings (SSSR count). The Balaban J connectivity index is 0.000000553. The molecule has 0 aromatic heterocycles. The van der Waals surface area contributed by atoms with Gasteiger partial charge in [0.15, 0.2) is 0 Å². The molecule has 0 bridgehead atoms. The molecule has 0 radical (unpaired) electrons. The Morgan fingerprint density at radius 3 is 2.00 bits per heavy atom. The summed E-state index contributed by atoms with van der Waals surface area (Å²) in [7, 11) is 0. The Morgan fingerprint density at radius 1 is 1.00 bits per heavy atom. The van der Waals surface area contributed by atoms with Crippen LogP contribution in [0.1, 0.15) is 11.1 Å². The smallest absolute Gasteiger partial charge is 0.475 e. The Hall–Kier alpha value is -3.60. The van der Waals surface area contributed by atoms with Crippen molar-refractivity contribution in [2.75, 3.05) is 5.32 Å². The molecule has 30 heavy (non-hydrogen) atoms. The second-order valence-corrected chi connectivity index (χ2v) is 5.89. The minimum atomic E-state index is -5.08. The zero-order valence-corrected chi connectivity index (χ0v) is 15.6. The molecule has 1 unspecified atom stereocenters. The number of carbonyl (C=O) groups is 3. The van der Waals surface area contributed by atoms with Crippen molar-refractivity contribution in [2.24, 2.45) is 11.5 Å².